The van der Waals surface area contributed by atoms with Gasteiger partial charge < -0.3 is 10.4 Å². The topological polar surface area (TPSA) is 70.4 Å². The van der Waals surface area contributed by atoms with E-state index in [0.717, 1.165) is 22.8 Å². The normalized spacial score (nSPS) is 11.4. The Morgan fingerprint density at radius 1 is 1.59 bits per heavy atom. The Balaban J connectivity index is 2.66. The van der Waals surface area contributed by atoms with Crippen LogP contribution in [0.3, 0.4) is 0 Å². The number of rotatable bonds is 6. The summed E-state index contributed by atoms with van der Waals surface area (Å²) in [6.07, 6.45) is 3.87. The third kappa shape index (κ3) is 4.32. The number of aromatic nitrogens is 2. The summed E-state index contributed by atoms with van der Waals surface area (Å²) in [6, 6.07) is 0. The number of aryl methyl sites for hydroxylation is 1. The van der Waals surface area contributed by atoms with Crippen molar-refractivity contribution in [1.29, 1.82) is 0 Å². The molecule has 0 aromatic carbocycles. The summed E-state index contributed by atoms with van der Waals surface area (Å²) < 4.78 is 0. The van der Waals surface area contributed by atoms with Crippen molar-refractivity contribution >= 4 is 11.4 Å². The fourth-order valence-electron chi connectivity index (χ4n) is 1.19. The first-order valence-corrected chi connectivity index (χ1v) is 5.51. The first kappa shape index (κ1) is 13.3. The Kier molecular flexibility index (Phi) is 5.29. The molecule has 0 fully saturated rings. The third-order valence-corrected chi connectivity index (χ3v) is 2.28. The molecule has 0 aliphatic carbocycles. The van der Waals surface area contributed by atoms with Crippen molar-refractivity contribution in [2.75, 3.05) is 13.2 Å². The van der Waals surface area contributed by atoms with Crippen LogP contribution >= 0.6 is 0 Å². The van der Waals surface area contributed by atoms with E-state index >= 15 is 0 Å². The molecular formula is C12H18N4O. The number of nitrogens with one attached hydrogen (secondary N) is 1. The molecule has 0 amide bonds. The van der Waals surface area contributed by atoms with Gasteiger partial charge >= 0.3 is 0 Å². The molecule has 1 rings (SSSR count). The average Bonchev–Trinajstić information content (AvgIpc) is 2.32. The SMILES string of the molecule is C=C(NCCCO)/C(C)=N/c1cncnc1C. The summed E-state index contributed by atoms with van der Waals surface area (Å²) in [4.78, 5) is 12.4. The molecule has 0 spiro atoms. The molecule has 1 heterocycles. The molecule has 0 aliphatic rings. The Bertz CT molecular complexity index is 415. The minimum atomic E-state index is 0.169. The van der Waals surface area contributed by atoms with Crippen molar-refractivity contribution in [3.05, 3.63) is 30.5 Å². The monoisotopic (exact) mass is 234 g/mol. The Hall–Kier alpha value is -1.75. The van der Waals surface area contributed by atoms with E-state index in [1.54, 1.807) is 6.20 Å². The molecule has 1 aromatic heterocycles. The molecule has 2 N–H and O–H groups in total. The van der Waals surface area contributed by atoms with Crippen LogP contribution in [0.25, 0.3) is 0 Å². The first-order valence-electron chi connectivity index (χ1n) is 5.51. The summed E-state index contributed by atoms with van der Waals surface area (Å²) in [5, 5.41) is 11.8. The van der Waals surface area contributed by atoms with Crippen LogP contribution < -0.4 is 5.32 Å². The van der Waals surface area contributed by atoms with E-state index in [4.69, 9.17) is 5.11 Å². The number of hydrogen-bond acceptors (Lipinski definition) is 5. The van der Waals surface area contributed by atoms with Crippen LogP contribution in [-0.2, 0) is 0 Å². The molecule has 0 unspecified atom stereocenters. The lowest BCUT2D eigenvalue weighted by molar-refractivity contribution is 0.288. The number of nitrogens with zero attached hydrogens (tertiary/aromatic N) is 3. The minimum absolute atomic E-state index is 0.169. The van der Waals surface area contributed by atoms with Gasteiger partial charge in [-0.25, -0.2) is 15.0 Å². The van der Waals surface area contributed by atoms with Gasteiger partial charge in [0, 0.05) is 18.8 Å². The molecule has 0 radical (unpaired) electrons. The maximum absolute atomic E-state index is 8.67. The van der Waals surface area contributed by atoms with Gasteiger partial charge in [-0.05, 0) is 20.3 Å². The number of aliphatic imine (C=N–C) groups is 1. The van der Waals surface area contributed by atoms with Crippen molar-refractivity contribution in [1.82, 2.24) is 15.3 Å². The van der Waals surface area contributed by atoms with Crippen molar-refractivity contribution in [2.24, 2.45) is 4.99 Å². The Morgan fingerprint density at radius 2 is 2.35 bits per heavy atom. The molecule has 0 aliphatic heterocycles. The van der Waals surface area contributed by atoms with Gasteiger partial charge in [-0.3, -0.25) is 0 Å². The van der Waals surface area contributed by atoms with Crippen molar-refractivity contribution in [2.45, 2.75) is 20.3 Å². The second-order valence-corrected chi connectivity index (χ2v) is 3.67. The molecule has 0 saturated carbocycles. The van der Waals surface area contributed by atoms with E-state index in [1.807, 2.05) is 13.8 Å². The number of hydrogen-bond donors (Lipinski definition) is 2. The van der Waals surface area contributed by atoms with Crippen molar-refractivity contribution in [3.8, 4) is 0 Å². The lowest BCUT2D eigenvalue weighted by atomic mass is 10.3. The zero-order chi connectivity index (χ0) is 12.7. The van der Waals surface area contributed by atoms with Gasteiger partial charge in [-0.15, -0.1) is 0 Å². The molecule has 5 heteroatoms. The summed E-state index contributed by atoms with van der Waals surface area (Å²) in [5.41, 5.74) is 3.13. The summed E-state index contributed by atoms with van der Waals surface area (Å²) in [5.74, 6) is 0. The van der Waals surface area contributed by atoms with Crippen LogP contribution in [0.4, 0.5) is 5.69 Å². The highest BCUT2D eigenvalue weighted by Gasteiger charge is 2.01. The molecule has 92 valence electrons. The van der Waals surface area contributed by atoms with Gasteiger partial charge in [0.05, 0.1) is 17.6 Å². The minimum Gasteiger partial charge on any atom is -0.396 e. The van der Waals surface area contributed by atoms with Gasteiger partial charge in [-0.2, -0.15) is 0 Å². The third-order valence-electron chi connectivity index (χ3n) is 2.28. The first-order chi connectivity index (χ1) is 8.15. The van der Waals surface area contributed by atoms with Crippen molar-refractivity contribution < 1.29 is 5.11 Å². The maximum atomic E-state index is 8.67. The molecule has 17 heavy (non-hydrogen) atoms. The second-order valence-electron chi connectivity index (χ2n) is 3.67. The van der Waals surface area contributed by atoms with E-state index in [9.17, 15) is 0 Å². The average molecular weight is 234 g/mol. The fourth-order valence-corrected chi connectivity index (χ4v) is 1.19. The van der Waals surface area contributed by atoms with Crippen LogP contribution in [0.2, 0.25) is 0 Å². The Labute approximate surface area is 101 Å². The molecule has 0 bridgehead atoms. The van der Waals surface area contributed by atoms with Gasteiger partial charge in [0.2, 0.25) is 0 Å². The van der Waals surface area contributed by atoms with Gasteiger partial charge in [0.15, 0.2) is 0 Å². The smallest absolute Gasteiger partial charge is 0.115 e. The fraction of sp³-hybridized carbons (Fsp3) is 0.417. The van der Waals surface area contributed by atoms with Gasteiger partial charge in [0.25, 0.3) is 0 Å². The zero-order valence-electron chi connectivity index (χ0n) is 10.3. The van der Waals surface area contributed by atoms with E-state index in [2.05, 4.69) is 26.9 Å². The van der Waals surface area contributed by atoms with Crippen LogP contribution in [0.5, 0.6) is 0 Å². The van der Waals surface area contributed by atoms with E-state index in [1.165, 1.54) is 6.33 Å². The van der Waals surface area contributed by atoms with E-state index < -0.39 is 0 Å². The number of aliphatic hydroxyl groups is 1. The lowest BCUT2D eigenvalue weighted by Crippen LogP contribution is -2.19. The van der Waals surface area contributed by atoms with Crippen LogP contribution in [0, 0.1) is 6.92 Å². The van der Waals surface area contributed by atoms with Crippen LogP contribution in [-0.4, -0.2) is 33.9 Å². The van der Waals surface area contributed by atoms with Crippen molar-refractivity contribution in [3.63, 3.8) is 0 Å². The molecule has 1 aromatic rings. The Morgan fingerprint density at radius 3 is 3.00 bits per heavy atom. The molecule has 5 nitrogen and oxygen atoms in total. The molecule has 0 saturated heterocycles. The van der Waals surface area contributed by atoms with Crippen LogP contribution in [0.15, 0.2) is 29.8 Å². The van der Waals surface area contributed by atoms with E-state index in [0.29, 0.717) is 13.0 Å². The highest BCUT2D eigenvalue weighted by atomic mass is 16.3. The highest BCUT2D eigenvalue weighted by molar-refractivity contribution is 5.98. The summed E-state index contributed by atoms with van der Waals surface area (Å²) >= 11 is 0. The lowest BCUT2D eigenvalue weighted by Gasteiger charge is -2.08. The van der Waals surface area contributed by atoms with Crippen LogP contribution in [0.1, 0.15) is 19.0 Å². The summed E-state index contributed by atoms with van der Waals surface area (Å²) in [7, 11) is 0. The molecular weight excluding hydrogens is 216 g/mol. The summed E-state index contributed by atoms with van der Waals surface area (Å²) in [6.45, 7) is 8.50. The molecule has 0 atom stereocenters. The predicted octanol–water partition coefficient (Wildman–Crippen LogP) is 1.36. The largest absolute Gasteiger partial charge is 0.396 e. The predicted molar refractivity (Wildman–Crippen MR) is 68.4 cm³/mol. The zero-order valence-corrected chi connectivity index (χ0v) is 10.3. The maximum Gasteiger partial charge on any atom is 0.115 e. The standard InChI is InChI=1S/C12H18N4O/c1-9(14-5-4-6-17)10(2)16-12-7-13-8-15-11(12)3/h7-8,14,17H,1,4-6H2,2-3H3/b16-10+. The second kappa shape index (κ2) is 6.75. The highest BCUT2D eigenvalue weighted by Crippen LogP contribution is 2.14. The quantitative estimate of drug-likeness (QED) is 0.576. The van der Waals surface area contributed by atoms with Gasteiger partial charge in [0.1, 0.15) is 12.0 Å². The van der Waals surface area contributed by atoms with Gasteiger partial charge in [-0.1, -0.05) is 6.58 Å². The number of allylic oxidation sites excluding steroid dienone is 1. The van der Waals surface area contributed by atoms with E-state index in [-0.39, 0.29) is 6.61 Å². The number of aliphatic hydroxyl groups excluding tert-OH is 1.